The van der Waals surface area contributed by atoms with E-state index in [4.69, 9.17) is 11.2 Å². The molecule has 0 unspecified atom stereocenters. The topological polar surface area (TPSA) is 46.6 Å². The summed E-state index contributed by atoms with van der Waals surface area (Å²) in [4.78, 5) is 27.0. The number of imide groups is 1. The molecular formula is C24H13NO3. The van der Waals surface area contributed by atoms with Gasteiger partial charge in [-0.05, 0) is 53.6 Å². The summed E-state index contributed by atoms with van der Waals surface area (Å²) < 4.78 is 5.86. The van der Waals surface area contributed by atoms with Crippen LogP contribution in [-0.4, -0.2) is 11.8 Å². The largest absolute Gasteiger partial charge is 0.456 e. The fourth-order valence-electron chi connectivity index (χ4n) is 3.40. The number of benzene rings is 3. The Kier molecular flexibility index (Phi) is 3.43. The molecule has 0 fully saturated rings. The number of nitrogens with zero attached hydrogens (tertiary/aromatic N) is 1. The van der Waals surface area contributed by atoms with E-state index >= 15 is 0 Å². The van der Waals surface area contributed by atoms with E-state index in [2.05, 4.69) is 5.92 Å². The lowest BCUT2D eigenvalue weighted by molar-refractivity contribution is 0.0926. The lowest BCUT2D eigenvalue weighted by Crippen LogP contribution is -2.29. The maximum Gasteiger partial charge on any atom is 0.266 e. The fraction of sp³-hybridized carbons (Fsp3) is 0. The lowest BCUT2D eigenvalue weighted by atomic mass is 9.97. The molecule has 0 N–H and O–H groups in total. The monoisotopic (exact) mass is 363 g/mol. The molecule has 1 aliphatic heterocycles. The number of terminal acetylenes is 1. The number of rotatable bonds is 3. The van der Waals surface area contributed by atoms with Crippen molar-refractivity contribution < 1.29 is 14.3 Å². The first kappa shape index (κ1) is 16.1. The molecule has 3 aromatic rings. The summed E-state index contributed by atoms with van der Waals surface area (Å²) in [6.45, 7) is 0. The van der Waals surface area contributed by atoms with Gasteiger partial charge in [-0.25, -0.2) is 4.90 Å². The van der Waals surface area contributed by atoms with Crippen LogP contribution in [0.15, 0.2) is 60.7 Å². The first-order valence-electron chi connectivity index (χ1n) is 8.74. The summed E-state index contributed by atoms with van der Waals surface area (Å²) in [6, 6.07) is 17.6. The third-order valence-corrected chi connectivity index (χ3v) is 4.90. The molecule has 0 radical (unpaired) electrons. The number of anilines is 1. The number of para-hydroxylation sites is 1. The second-order valence-electron chi connectivity index (χ2n) is 6.54. The third-order valence-electron chi connectivity index (χ3n) is 4.90. The average molecular weight is 363 g/mol. The predicted molar refractivity (Wildman–Crippen MR) is 107 cm³/mol. The molecule has 0 aromatic heterocycles. The molecule has 4 nitrogen and oxygen atoms in total. The van der Waals surface area contributed by atoms with Gasteiger partial charge in [-0.3, -0.25) is 9.59 Å². The zero-order valence-corrected chi connectivity index (χ0v) is 14.7. The predicted octanol–water partition coefficient (Wildman–Crippen LogP) is 4.74. The number of fused-ring (bicyclic) bond motifs is 2. The second-order valence-corrected chi connectivity index (χ2v) is 6.54. The maximum absolute atomic E-state index is 12.9. The minimum absolute atomic E-state index is 0.318. The Hall–Kier alpha value is -4.10. The van der Waals surface area contributed by atoms with Crippen molar-refractivity contribution in [1.29, 1.82) is 0 Å². The number of hydrogen-bond donors (Lipinski definition) is 0. The maximum atomic E-state index is 12.9. The van der Waals surface area contributed by atoms with Crippen LogP contribution in [0.5, 0.6) is 11.5 Å². The van der Waals surface area contributed by atoms with Crippen molar-refractivity contribution >= 4 is 29.7 Å². The van der Waals surface area contributed by atoms with Crippen molar-refractivity contribution in [3.05, 3.63) is 88.5 Å². The van der Waals surface area contributed by atoms with Gasteiger partial charge in [0.25, 0.3) is 11.8 Å². The van der Waals surface area contributed by atoms with Crippen molar-refractivity contribution in [3.63, 3.8) is 0 Å². The standard InChI is InChI=1S/C24H13NO3/c1-2-15-5-3-4-6-22(15)28-19-11-12-20-21(14-19)24(27)25(23(20)26)18-10-9-16-7-8-17(16)13-18/h1,3-14H. The number of ether oxygens (including phenoxy) is 1. The Morgan fingerprint density at radius 3 is 2.36 bits per heavy atom. The van der Waals surface area contributed by atoms with Crippen LogP contribution >= 0.6 is 0 Å². The highest BCUT2D eigenvalue weighted by Crippen LogP contribution is 2.35. The lowest BCUT2D eigenvalue weighted by Gasteiger charge is -2.17. The van der Waals surface area contributed by atoms with Crippen LogP contribution < -0.4 is 9.64 Å². The van der Waals surface area contributed by atoms with Crippen molar-refractivity contribution in [2.24, 2.45) is 0 Å². The van der Waals surface area contributed by atoms with Gasteiger partial charge in [0.05, 0.1) is 22.4 Å². The van der Waals surface area contributed by atoms with E-state index in [-0.39, 0.29) is 11.8 Å². The van der Waals surface area contributed by atoms with Gasteiger partial charge in [-0.15, -0.1) is 6.42 Å². The minimum Gasteiger partial charge on any atom is -0.456 e. The quantitative estimate of drug-likeness (QED) is 0.390. The van der Waals surface area contributed by atoms with Crippen molar-refractivity contribution in [2.45, 2.75) is 0 Å². The van der Waals surface area contributed by atoms with Gasteiger partial charge >= 0.3 is 0 Å². The van der Waals surface area contributed by atoms with Crippen LogP contribution in [0, 0.1) is 12.3 Å². The SMILES string of the molecule is C#Cc1ccccc1Oc1ccc2c(c1)C(=O)N(c1ccc3c(c1)C=C3)C2=O. The molecule has 0 bridgehead atoms. The van der Waals surface area contributed by atoms with Gasteiger partial charge in [0.15, 0.2) is 0 Å². The zero-order chi connectivity index (χ0) is 19.3. The van der Waals surface area contributed by atoms with Gasteiger partial charge < -0.3 is 4.74 Å². The summed E-state index contributed by atoms with van der Waals surface area (Å²) in [5.74, 6) is 2.84. The van der Waals surface area contributed by atoms with E-state index in [0.29, 0.717) is 33.9 Å². The molecule has 1 aliphatic carbocycles. The molecule has 28 heavy (non-hydrogen) atoms. The Morgan fingerprint density at radius 2 is 1.61 bits per heavy atom. The smallest absolute Gasteiger partial charge is 0.266 e. The highest BCUT2D eigenvalue weighted by Gasteiger charge is 2.37. The Morgan fingerprint density at radius 1 is 0.821 bits per heavy atom. The normalized spacial score (nSPS) is 13.6. The molecule has 5 rings (SSSR count). The van der Waals surface area contributed by atoms with Crippen molar-refractivity contribution in [3.8, 4) is 23.8 Å². The molecule has 3 aromatic carbocycles. The zero-order valence-electron chi connectivity index (χ0n) is 14.7. The van der Waals surface area contributed by atoms with E-state index in [1.165, 1.54) is 4.90 Å². The number of hydrogen-bond acceptors (Lipinski definition) is 3. The summed E-state index contributed by atoms with van der Waals surface area (Å²) in [7, 11) is 0. The van der Waals surface area contributed by atoms with E-state index in [0.717, 1.165) is 11.1 Å². The molecule has 132 valence electrons. The Bertz CT molecular complexity index is 1250. The van der Waals surface area contributed by atoms with Crippen LogP contribution in [0.3, 0.4) is 0 Å². The van der Waals surface area contributed by atoms with Crippen LogP contribution in [0.1, 0.15) is 37.4 Å². The number of carbonyl (C=O) groups is 2. The second kappa shape index (κ2) is 5.97. The third kappa shape index (κ3) is 2.34. The molecule has 1 heterocycles. The number of amides is 2. The minimum atomic E-state index is -0.362. The van der Waals surface area contributed by atoms with Crippen molar-refractivity contribution in [1.82, 2.24) is 0 Å². The highest BCUT2D eigenvalue weighted by atomic mass is 16.5. The van der Waals surface area contributed by atoms with Crippen LogP contribution in [-0.2, 0) is 0 Å². The van der Waals surface area contributed by atoms with Gasteiger partial charge in [-0.1, -0.05) is 36.3 Å². The van der Waals surface area contributed by atoms with Gasteiger partial charge in [0.1, 0.15) is 11.5 Å². The summed E-state index contributed by atoms with van der Waals surface area (Å²) in [5, 5.41) is 0. The van der Waals surface area contributed by atoms with Crippen LogP contribution in [0.2, 0.25) is 0 Å². The molecule has 0 saturated carbocycles. The van der Waals surface area contributed by atoms with Crippen LogP contribution in [0.25, 0.3) is 12.2 Å². The molecular weight excluding hydrogens is 350 g/mol. The first-order chi connectivity index (χ1) is 13.7. The van der Waals surface area contributed by atoms with Gasteiger partial charge in [0, 0.05) is 0 Å². The fourth-order valence-corrected chi connectivity index (χ4v) is 3.40. The van der Waals surface area contributed by atoms with Gasteiger partial charge in [-0.2, -0.15) is 0 Å². The molecule has 2 aliphatic rings. The van der Waals surface area contributed by atoms with E-state index in [1.807, 2.05) is 36.4 Å². The first-order valence-corrected chi connectivity index (χ1v) is 8.74. The van der Waals surface area contributed by atoms with Crippen molar-refractivity contribution in [2.75, 3.05) is 4.90 Å². The van der Waals surface area contributed by atoms with Crippen LogP contribution in [0.4, 0.5) is 5.69 Å². The van der Waals surface area contributed by atoms with E-state index in [1.54, 1.807) is 36.4 Å². The summed E-state index contributed by atoms with van der Waals surface area (Å²) in [6.07, 6.45) is 9.44. The average Bonchev–Trinajstić information content (AvgIpc) is 2.94. The highest BCUT2D eigenvalue weighted by molar-refractivity contribution is 6.34. The molecule has 0 saturated heterocycles. The molecule has 0 spiro atoms. The number of carbonyl (C=O) groups excluding carboxylic acids is 2. The Labute approximate surface area is 161 Å². The molecule has 4 heteroatoms. The summed E-state index contributed by atoms with van der Waals surface area (Å²) >= 11 is 0. The van der Waals surface area contributed by atoms with E-state index < -0.39 is 0 Å². The Balaban J connectivity index is 1.49. The molecule has 2 amide bonds. The molecule has 0 atom stereocenters. The van der Waals surface area contributed by atoms with E-state index in [9.17, 15) is 9.59 Å². The summed E-state index contributed by atoms with van der Waals surface area (Å²) in [5.41, 5.74) is 3.98. The van der Waals surface area contributed by atoms with Gasteiger partial charge in [0.2, 0.25) is 0 Å².